The number of aryl methyl sites for hydroxylation is 1. The molecule has 0 radical (unpaired) electrons. The number of anilines is 2. The molecule has 0 saturated heterocycles. The van der Waals surface area contributed by atoms with Crippen LogP contribution < -0.4 is 14.4 Å². The summed E-state index contributed by atoms with van der Waals surface area (Å²) in [5.41, 5.74) is 5.70. The van der Waals surface area contributed by atoms with Crippen LogP contribution in [0.2, 0.25) is 0 Å². The van der Waals surface area contributed by atoms with Crippen molar-refractivity contribution in [3.05, 3.63) is 55.0 Å². The van der Waals surface area contributed by atoms with Gasteiger partial charge in [0.05, 0.1) is 43.3 Å². The lowest BCUT2D eigenvalue weighted by Gasteiger charge is -2.26. The maximum absolute atomic E-state index is 5.53. The van der Waals surface area contributed by atoms with Crippen molar-refractivity contribution in [2.24, 2.45) is 5.92 Å². The first-order chi connectivity index (χ1) is 16.7. The average Bonchev–Trinajstić information content (AvgIpc) is 3.58. The molecule has 176 valence electrons. The lowest BCUT2D eigenvalue weighted by atomic mass is 10.1. The summed E-state index contributed by atoms with van der Waals surface area (Å²) in [4.78, 5) is 12.0. The zero-order chi connectivity index (χ0) is 23.5. The van der Waals surface area contributed by atoms with Gasteiger partial charge in [0.15, 0.2) is 0 Å². The molecule has 2 heterocycles. The first kappa shape index (κ1) is 22.2. The fourth-order valence-corrected chi connectivity index (χ4v) is 4.11. The number of benzene rings is 2. The number of aromatic nitrogens is 4. The Morgan fingerprint density at radius 2 is 1.76 bits per heavy atom. The Kier molecular flexibility index (Phi) is 6.34. The monoisotopic (exact) mass is 457 g/mol. The van der Waals surface area contributed by atoms with Gasteiger partial charge in [-0.15, -0.1) is 0 Å². The molecule has 34 heavy (non-hydrogen) atoms. The zero-order valence-corrected chi connectivity index (χ0v) is 20.1. The quantitative estimate of drug-likeness (QED) is 0.297. The molecule has 0 amide bonds. The molecule has 2 aromatic heterocycles. The van der Waals surface area contributed by atoms with Gasteiger partial charge >= 0.3 is 0 Å². The number of fused-ring (bicyclic) bond motifs is 1. The van der Waals surface area contributed by atoms with Crippen molar-refractivity contribution >= 4 is 22.4 Å². The third-order valence-corrected chi connectivity index (χ3v) is 6.29. The van der Waals surface area contributed by atoms with Crippen LogP contribution in [-0.4, -0.2) is 40.5 Å². The summed E-state index contributed by atoms with van der Waals surface area (Å²) < 4.78 is 13.0. The van der Waals surface area contributed by atoms with E-state index in [1.165, 1.54) is 12.8 Å². The molecule has 0 bridgehead atoms. The summed E-state index contributed by atoms with van der Waals surface area (Å²) in [5.74, 6) is 2.25. The number of ether oxygens (including phenoxy) is 2. The molecule has 1 aliphatic rings. The van der Waals surface area contributed by atoms with Gasteiger partial charge in [0, 0.05) is 54.4 Å². The Hall–Kier alpha value is -3.61. The molecule has 2 aromatic carbocycles. The first-order valence-corrected chi connectivity index (χ1v) is 12.0. The molecule has 0 spiro atoms. The van der Waals surface area contributed by atoms with E-state index < -0.39 is 0 Å². The lowest BCUT2D eigenvalue weighted by Crippen LogP contribution is -2.20. The Morgan fingerprint density at radius 1 is 0.971 bits per heavy atom. The summed E-state index contributed by atoms with van der Waals surface area (Å²) in [6.45, 7) is 4.05. The van der Waals surface area contributed by atoms with Crippen LogP contribution >= 0.6 is 0 Å². The molecular formula is C27H31N5O2. The third-order valence-electron chi connectivity index (χ3n) is 6.29. The minimum absolute atomic E-state index is 0.694. The summed E-state index contributed by atoms with van der Waals surface area (Å²) in [6.07, 6.45) is 10.5. The van der Waals surface area contributed by atoms with Gasteiger partial charge in [0.25, 0.3) is 0 Å². The molecule has 0 aliphatic heterocycles. The number of hydrogen-bond acceptors (Lipinski definition) is 6. The maximum atomic E-state index is 5.53. The summed E-state index contributed by atoms with van der Waals surface area (Å²) in [6, 6.07) is 12.3. The average molecular weight is 458 g/mol. The minimum atomic E-state index is 0.694. The molecule has 5 rings (SSSR count). The van der Waals surface area contributed by atoms with E-state index in [4.69, 9.17) is 14.5 Å². The highest BCUT2D eigenvalue weighted by atomic mass is 16.5. The molecule has 7 heteroatoms. The molecular weight excluding hydrogens is 426 g/mol. The van der Waals surface area contributed by atoms with Crippen LogP contribution in [0.15, 0.2) is 55.0 Å². The summed E-state index contributed by atoms with van der Waals surface area (Å²) in [7, 11) is 3.36. The van der Waals surface area contributed by atoms with Gasteiger partial charge in [-0.1, -0.05) is 13.3 Å². The largest absolute Gasteiger partial charge is 0.497 e. The van der Waals surface area contributed by atoms with Crippen molar-refractivity contribution in [1.29, 1.82) is 0 Å². The van der Waals surface area contributed by atoms with Gasteiger partial charge in [0.2, 0.25) is 0 Å². The maximum Gasteiger partial charge on any atom is 0.124 e. The molecule has 1 aliphatic carbocycles. The molecule has 7 nitrogen and oxygen atoms in total. The van der Waals surface area contributed by atoms with Gasteiger partial charge in [-0.3, -0.25) is 9.67 Å². The van der Waals surface area contributed by atoms with Crippen LogP contribution in [0.5, 0.6) is 11.5 Å². The van der Waals surface area contributed by atoms with Crippen molar-refractivity contribution in [2.45, 2.75) is 39.2 Å². The second kappa shape index (κ2) is 9.71. The molecule has 1 saturated carbocycles. The van der Waals surface area contributed by atoms with Gasteiger partial charge in [-0.05, 0) is 43.4 Å². The predicted octanol–water partition coefficient (Wildman–Crippen LogP) is 5.86. The molecule has 0 N–H and O–H groups in total. The molecule has 1 fully saturated rings. The number of hydrogen-bond donors (Lipinski definition) is 0. The Morgan fingerprint density at radius 3 is 2.47 bits per heavy atom. The smallest absolute Gasteiger partial charge is 0.124 e. The minimum Gasteiger partial charge on any atom is -0.497 e. The zero-order valence-electron chi connectivity index (χ0n) is 20.1. The van der Waals surface area contributed by atoms with E-state index in [0.29, 0.717) is 5.92 Å². The molecule has 4 aromatic rings. The predicted molar refractivity (Wildman–Crippen MR) is 135 cm³/mol. The molecule has 0 unspecified atom stereocenters. The van der Waals surface area contributed by atoms with Gasteiger partial charge < -0.3 is 14.4 Å². The van der Waals surface area contributed by atoms with Crippen molar-refractivity contribution in [1.82, 2.24) is 19.7 Å². The van der Waals surface area contributed by atoms with E-state index in [1.807, 2.05) is 29.2 Å². The topological polar surface area (TPSA) is 65.3 Å². The summed E-state index contributed by atoms with van der Waals surface area (Å²) >= 11 is 0. The third kappa shape index (κ3) is 4.83. The highest BCUT2D eigenvalue weighted by Crippen LogP contribution is 2.38. The van der Waals surface area contributed by atoms with Crippen LogP contribution in [-0.2, 0) is 6.54 Å². The van der Waals surface area contributed by atoms with Crippen LogP contribution in [0, 0.1) is 5.92 Å². The van der Waals surface area contributed by atoms with Crippen molar-refractivity contribution in [3.8, 4) is 22.8 Å². The highest BCUT2D eigenvalue weighted by Gasteiger charge is 2.26. The SMILES string of the molecule is CCCCn1cc(-c2cnc3ccc(N(CC4CC4)c4cc(OC)cc(OC)c4)cc3n2)cn1. The number of unbranched alkanes of at least 4 members (excludes halogenated alkanes) is 1. The van der Waals surface area contributed by atoms with E-state index in [2.05, 4.69) is 52.4 Å². The number of methoxy groups -OCH3 is 2. The van der Waals surface area contributed by atoms with E-state index in [9.17, 15) is 0 Å². The fourth-order valence-electron chi connectivity index (χ4n) is 4.11. The van der Waals surface area contributed by atoms with Crippen molar-refractivity contribution in [2.75, 3.05) is 25.7 Å². The van der Waals surface area contributed by atoms with Gasteiger partial charge in [0.1, 0.15) is 11.5 Å². The second-order valence-corrected chi connectivity index (χ2v) is 8.90. The molecule has 0 atom stereocenters. The normalized spacial score (nSPS) is 13.3. The highest BCUT2D eigenvalue weighted by molar-refractivity contribution is 5.82. The van der Waals surface area contributed by atoms with Crippen molar-refractivity contribution < 1.29 is 9.47 Å². The van der Waals surface area contributed by atoms with Gasteiger partial charge in [-0.25, -0.2) is 4.98 Å². The van der Waals surface area contributed by atoms with E-state index in [1.54, 1.807) is 14.2 Å². The van der Waals surface area contributed by atoms with Gasteiger partial charge in [-0.2, -0.15) is 5.10 Å². The van der Waals surface area contributed by atoms with E-state index in [0.717, 1.165) is 71.1 Å². The van der Waals surface area contributed by atoms with Crippen LogP contribution in [0.3, 0.4) is 0 Å². The standard InChI is InChI=1S/C27H31N5O2/c1-4-5-10-31-18-20(15-29-31)27-16-28-25-9-8-21(13-26(25)30-27)32(17-19-6-7-19)22-11-23(33-2)14-24(12-22)34-3/h8-9,11-16,18-19H,4-7,10,17H2,1-3H3. The van der Waals surface area contributed by atoms with E-state index >= 15 is 0 Å². The van der Waals surface area contributed by atoms with Crippen molar-refractivity contribution in [3.63, 3.8) is 0 Å². The Labute approximate surface area is 200 Å². The second-order valence-electron chi connectivity index (χ2n) is 8.90. The first-order valence-electron chi connectivity index (χ1n) is 12.0. The fraction of sp³-hybridized carbons (Fsp3) is 0.370. The van der Waals surface area contributed by atoms with Crippen LogP contribution in [0.25, 0.3) is 22.3 Å². The number of rotatable bonds is 10. The van der Waals surface area contributed by atoms with Crippen LogP contribution in [0.1, 0.15) is 32.6 Å². The van der Waals surface area contributed by atoms with Crippen LogP contribution in [0.4, 0.5) is 11.4 Å². The number of nitrogens with zero attached hydrogens (tertiary/aromatic N) is 5. The Balaban J connectivity index is 1.51. The van der Waals surface area contributed by atoms with E-state index in [-0.39, 0.29) is 0 Å². The Bertz CT molecular complexity index is 1260. The summed E-state index contributed by atoms with van der Waals surface area (Å²) in [5, 5.41) is 4.48. The lowest BCUT2D eigenvalue weighted by molar-refractivity contribution is 0.394.